The van der Waals surface area contributed by atoms with Gasteiger partial charge in [0.05, 0.1) is 84.1 Å². The number of ketones is 10. The lowest BCUT2D eigenvalue weighted by Gasteiger charge is -2.18. The molecule has 4 aliphatic rings. The summed E-state index contributed by atoms with van der Waals surface area (Å²) in [5.74, 6) is -1.69. The lowest BCUT2D eigenvalue weighted by molar-refractivity contribution is -0.193. The molecule has 110 heavy (non-hydrogen) atoms. The molecule has 12 aromatic rings. The molecule has 24 heteroatoms. The van der Waals surface area contributed by atoms with E-state index in [1.807, 2.05) is 121 Å². The van der Waals surface area contributed by atoms with Gasteiger partial charge in [-0.3, -0.25) is 47.9 Å². The fourth-order valence-electron chi connectivity index (χ4n) is 14.7. The first-order valence-corrected chi connectivity index (χ1v) is 36.3. The van der Waals surface area contributed by atoms with E-state index in [2.05, 4.69) is 62.2 Å². The Kier molecular flexibility index (Phi) is 24.5. The highest BCUT2D eigenvalue weighted by molar-refractivity contribution is 6.16. The van der Waals surface area contributed by atoms with Gasteiger partial charge in [0.25, 0.3) is 0 Å². The number of aliphatic hydroxyl groups is 2. The Balaban J connectivity index is 0.000000143. The monoisotopic (exact) mass is 1490 g/mol. The molecule has 4 aliphatic carbocycles. The summed E-state index contributed by atoms with van der Waals surface area (Å²) in [4.78, 5) is 153. The lowest BCUT2D eigenvalue weighted by atomic mass is 9.83. The maximum Gasteiger partial charge on any atom is 0.373 e. The van der Waals surface area contributed by atoms with Crippen molar-refractivity contribution >= 4 is 157 Å². The van der Waals surface area contributed by atoms with Gasteiger partial charge in [0.1, 0.15) is 69.0 Å². The van der Waals surface area contributed by atoms with Crippen molar-refractivity contribution in [2.45, 2.75) is 181 Å². The number of nitrogens with zero attached hydrogens (tertiary/aromatic N) is 4. The number of benzene rings is 8. The van der Waals surface area contributed by atoms with Gasteiger partial charge in [-0.15, -0.1) is 0 Å². The second-order valence-electron chi connectivity index (χ2n) is 30.6. The zero-order valence-electron chi connectivity index (χ0n) is 61.6. The van der Waals surface area contributed by atoms with Crippen molar-refractivity contribution in [3.8, 4) is 0 Å². The molecule has 0 bridgehead atoms. The van der Waals surface area contributed by atoms with Gasteiger partial charge < -0.3 is 28.3 Å². The molecule has 4 heterocycles. The molecule has 4 atom stereocenters. The quantitative estimate of drug-likeness (QED) is 0.0847. The van der Waals surface area contributed by atoms with Crippen molar-refractivity contribution in [1.82, 2.24) is 20.6 Å². The van der Waals surface area contributed by atoms with Crippen molar-refractivity contribution in [2.24, 2.45) is 10.8 Å². The molecule has 16 rings (SSSR count). The summed E-state index contributed by atoms with van der Waals surface area (Å²) in [6, 6.07) is 37.7. The first kappa shape index (κ1) is 79.1. The Morgan fingerprint density at radius 1 is 0.373 bits per heavy atom. The van der Waals surface area contributed by atoms with Crippen LogP contribution in [-0.4, -0.2) is 101 Å². The fraction of sp³-hybridized carbons (Fsp3) is 0.349. The molecule has 0 amide bonds. The van der Waals surface area contributed by atoms with Gasteiger partial charge in [-0.1, -0.05) is 135 Å². The molecule has 24 nitrogen and oxygen atoms in total. The summed E-state index contributed by atoms with van der Waals surface area (Å²) in [6.45, 7) is 12.7. The number of aromatic nitrogens is 4. The van der Waals surface area contributed by atoms with E-state index >= 15 is 0 Å². The molecule has 564 valence electrons. The average Bonchev–Trinajstić information content (AvgIpc) is 1.54. The molecule has 0 unspecified atom stereocenters. The third-order valence-corrected chi connectivity index (χ3v) is 20.5. The smallest absolute Gasteiger partial charge is 0.373 e. The molecule has 8 aromatic carbocycles. The molecular weight excluding hydrogens is 1410 g/mol. The van der Waals surface area contributed by atoms with Gasteiger partial charge in [0, 0.05) is 49.7 Å². The zero-order valence-corrected chi connectivity index (χ0v) is 61.6. The third kappa shape index (κ3) is 17.9. The Labute approximate surface area is 628 Å². The summed E-state index contributed by atoms with van der Waals surface area (Å²) >= 11 is 0. The number of carbonyl (C=O) groups is 10. The molecule has 0 aliphatic heterocycles. The first-order chi connectivity index (χ1) is 52.6. The maximum atomic E-state index is 12.6. The van der Waals surface area contributed by atoms with Crippen molar-refractivity contribution < 1.29 is 95.4 Å². The average molecular weight is 1490 g/mol. The maximum absolute atomic E-state index is 12.6. The SMILES string of the molecule is CC(C)(C)CCC(=O)c1ccc2c(ccc3onc([C@@H]4CCC(=O)CC4=O)c32)c1.CC(C)(C)CCC(=O)c1ccc2c(ccc3onc([C@H]4CCC(=O)CC4=O)c32)c1.O=C1CC[C@@H](c2noc3ccc4cc(CO)ccc4c23)C(=O)C1.O=C1CC[C@H](c2noc3ccc4cc(CO)ccc4c23)C(=O)C1.O=C=O.O=C=O. The molecule has 4 saturated carbocycles. The number of rotatable bonds is 12. The minimum atomic E-state index is -0.410. The topological polar surface area (TPSA) is 384 Å². The van der Waals surface area contributed by atoms with Gasteiger partial charge in [-0.25, -0.2) is 0 Å². The van der Waals surface area contributed by atoms with Crippen molar-refractivity contribution in [3.05, 3.63) is 166 Å². The molecule has 0 saturated heterocycles. The van der Waals surface area contributed by atoms with Crippen LogP contribution in [0.3, 0.4) is 0 Å². The lowest BCUT2D eigenvalue weighted by Crippen LogP contribution is -2.23. The standard InChI is InChI=1S/2C24H25NO4.2C18H15NO4.2CO2/c2*1-24(2,3)11-10-19(27)15-4-7-17-14(12-15)5-9-21-22(17)23(25-29-21)18-8-6-16(26)13-20(18)28;2*20-9-10-1-4-13-11(7-10)2-6-16-17(13)18(19-23-16)14-5-3-12(21)8-15(14)22;2*2-1-3/h2*4-5,7,9,12,18H,6,8,10-11,13H2,1-3H3;2*1-2,4,6-7,14,20H,3,5,8-9H2;;/t2*18-;2*14-;;/m1010../s1. The number of carbonyl (C=O) groups excluding carboxylic acids is 14. The molecule has 4 aromatic heterocycles. The van der Waals surface area contributed by atoms with Crippen LogP contribution in [-0.2, 0) is 70.7 Å². The predicted octanol–water partition coefficient (Wildman–Crippen LogP) is 15.4. The van der Waals surface area contributed by atoms with Crippen LogP contribution < -0.4 is 0 Å². The van der Waals surface area contributed by atoms with Crippen LogP contribution in [0.25, 0.3) is 87.0 Å². The van der Waals surface area contributed by atoms with E-state index < -0.39 is 11.8 Å². The highest BCUT2D eigenvalue weighted by Crippen LogP contribution is 2.42. The molecule has 4 fully saturated rings. The molecule has 2 N–H and O–H groups in total. The van der Waals surface area contributed by atoms with Crippen LogP contribution in [0.5, 0.6) is 0 Å². The van der Waals surface area contributed by atoms with Crippen LogP contribution in [0.1, 0.15) is 223 Å². The van der Waals surface area contributed by atoms with E-state index in [1.165, 1.54) is 0 Å². The Hall–Kier alpha value is -11.9. The van der Waals surface area contributed by atoms with Gasteiger partial charge in [-0.05, 0) is 152 Å². The molecule has 0 radical (unpaired) electrons. The fourth-order valence-corrected chi connectivity index (χ4v) is 14.7. The second-order valence-corrected chi connectivity index (χ2v) is 30.6. The van der Waals surface area contributed by atoms with E-state index in [0.29, 0.717) is 120 Å². The van der Waals surface area contributed by atoms with Gasteiger partial charge >= 0.3 is 12.3 Å². The van der Waals surface area contributed by atoms with Crippen molar-refractivity contribution in [3.63, 3.8) is 0 Å². The minimum Gasteiger partial charge on any atom is -0.392 e. The van der Waals surface area contributed by atoms with Crippen LogP contribution in [0.4, 0.5) is 0 Å². The van der Waals surface area contributed by atoms with E-state index in [1.54, 1.807) is 0 Å². The second kappa shape index (κ2) is 34.1. The van der Waals surface area contributed by atoms with E-state index in [9.17, 15) is 58.2 Å². The summed E-state index contributed by atoms with van der Waals surface area (Å²) in [6.07, 6.45) is 6.62. The van der Waals surface area contributed by atoms with Gasteiger partial charge in [-0.2, -0.15) is 19.2 Å². The number of aliphatic hydroxyl groups excluding tert-OH is 2. The number of hydrogen-bond donors (Lipinski definition) is 2. The molecule has 0 spiro atoms. The Morgan fingerprint density at radius 2 is 0.618 bits per heavy atom. The van der Waals surface area contributed by atoms with Crippen LogP contribution in [0.15, 0.2) is 139 Å². The summed E-state index contributed by atoms with van der Waals surface area (Å²) in [5.41, 5.74) is 8.23. The number of hydrogen-bond acceptors (Lipinski definition) is 24. The first-order valence-electron chi connectivity index (χ1n) is 36.3. The summed E-state index contributed by atoms with van der Waals surface area (Å²) in [7, 11) is 0. The van der Waals surface area contributed by atoms with Gasteiger partial charge in [0.15, 0.2) is 33.9 Å². The number of fused-ring (bicyclic) bond motifs is 12. The predicted molar refractivity (Wildman–Crippen MR) is 400 cm³/mol. The van der Waals surface area contributed by atoms with E-state index in [4.69, 9.17) is 37.3 Å². The largest absolute Gasteiger partial charge is 0.392 e. The third-order valence-electron chi connectivity index (χ3n) is 20.5. The van der Waals surface area contributed by atoms with Crippen LogP contribution in [0, 0.1) is 10.8 Å². The normalized spacial score (nSPS) is 17.5. The Bertz CT molecular complexity index is 5370. The summed E-state index contributed by atoms with van der Waals surface area (Å²) < 4.78 is 21.8. The van der Waals surface area contributed by atoms with Gasteiger partial charge in [0.2, 0.25) is 0 Å². The highest BCUT2D eigenvalue weighted by Gasteiger charge is 2.37. The van der Waals surface area contributed by atoms with E-state index in [-0.39, 0.29) is 132 Å². The minimum absolute atomic E-state index is 0.00324. The summed E-state index contributed by atoms with van der Waals surface area (Å²) in [5, 5.41) is 46.0. The van der Waals surface area contributed by atoms with Crippen LogP contribution in [0.2, 0.25) is 0 Å². The zero-order chi connectivity index (χ0) is 78.9. The van der Waals surface area contributed by atoms with E-state index in [0.717, 1.165) is 88.6 Å². The van der Waals surface area contributed by atoms with Crippen molar-refractivity contribution in [1.29, 1.82) is 0 Å². The highest BCUT2D eigenvalue weighted by atomic mass is 16.5. The van der Waals surface area contributed by atoms with Crippen molar-refractivity contribution in [2.75, 3.05) is 0 Å². The number of Topliss-reactive ketones (excluding diaryl/α,β-unsaturated/α-hetero) is 10. The molecular formula is C86H80N4O20. The Morgan fingerprint density at radius 3 is 0.855 bits per heavy atom. The van der Waals surface area contributed by atoms with Crippen LogP contribution >= 0.6 is 0 Å².